The summed E-state index contributed by atoms with van der Waals surface area (Å²) < 4.78 is 37.3. The zero-order valence-corrected chi connectivity index (χ0v) is 16.6. The molecule has 7 heteroatoms. The number of unbranched alkanes of at least 4 members (excludes halogenated alkanes) is 5. The van der Waals surface area contributed by atoms with Gasteiger partial charge in [0.25, 0.3) is 0 Å². The van der Waals surface area contributed by atoms with Gasteiger partial charge in [0.2, 0.25) is 0 Å². The van der Waals surface area contributed by atoms with Crippen molar-refractivity contribution in [2.24, 2.45) is 0 Å². The molecule has 0 heterocycles. The molecule has 0 aromatic heterocycles. The van der Waals surface area contributed by atoms with Crippen LogP contribution in [0.25, 0.3) is 0 Å². The highest BCUT2D eigenvalue weighted by Gasteiger charge is 2.13. The molecule has 0 unspecified atom stereocenters. The summed E-state index contributed by atoms with van der Waals surface area (Å²) in [5.74, 6) is -2.11. The fourth-order valence-corrected chi connectivity index (χ4v) is 2.82. The SMILES string of the molecule is CCOC(=O)CCCCCCCCC(=O)OCc1c(F)cc(Br)cc1F. The first-order valence-corrected chi connectivity index (χ1v) is 9.68. The van der Waals surface area contributed by atoms with Crippen LogP contribution in [-0.4, -0.2) is 18.5 Å². The lowest BCUT2D eigenvalue weighted by Gasteiger charge is -2.08. The van der Waals surface area contributed by atoms with Gasteiger partial charge >= 0.3 is 11.9 Å². The summed E-state index contributed by atoms with van der Waals surface area (Å²) in [5.41, 5.74) is -0.247. The summed E-state index contributed by atoms with van der Waals surface area (Å²) in [7, 11) is 0. The lowest BCUT2D eigenvalue weighted by Crippen LogP contribution is -2.07. The van der Waals surface area contributed by atoms with Gasteiger partial charge in [-0.2, -0.15) is 0 Å². The molecule has 0 atom stereocenters. The van der Waals surface area contributed by atoms with E-state index in [0.717, 1.165) is 44.2 Å². The van der Waals surface area contributed by atoms with Gasteiger partial charge in [-0.15, -0.1) is 0 Å². The third kappa shape index (κ3) is 9.27. The van der Waals surface area contributed by atoms with E-state index in [9.17, 15) is 18.4 Å². The summed E-state index contributed by atoms with van der Waals surface area (Å²) in [6.07, 6.45) is 5.93. The largest absolute Gasteiger partial charge is 0.466 e. The number of halogens is 3. The topological polar surface area (TPSA) is 52.6 Å². The predicted octanol–water partition coefficient (Wildman–Crippen LogP) is 5.45. The molecule has 4 nitrogen and oxygen atoms in total. The van der Waals surface area contributed by atoms with Crippen LogP contribution >= 0.6 is 15.9 Å². The molecule has 1 aromatic rings. The van der Waals surface area contributed by atoms with Gasteiger partial charge in [-0.05, 0) is 31.9 Å². The van der Waals surface area contributed by atoms with E-state index in [2.05, 4.69) is 15.9 Å². The Labute approximate surface area is 161 Å². The van der Waals surface area contributed by atoms with Crippen molar-refractivity contribution in [2.45, 2.75) is 64.9 Å². The van der Waals surface area contributed by atoms with Gasteiger partial charge in [0, 0.05) is 17.3 Å². The fraction of sp³-hybridized carbons (Fsp3) is 0.579. The third-order valence-corrected chi connectivity index (χ3v) is 4.26. The van der Waals surface area contributed by atoms with Crippen molar-refractivity contribution in [2.75, 3.05) is 6.61 Å². The van der Waals surface area contributed by atoms with E-state index in [1.165, 1.54) is 0 Å². The van der Waals surface area contributed by atoms with Crippen molar-refractivity contribution in [3.63, 3.8) is 0 Å². The van der Waals surface area contributed by atoms with Crippen molar-refractivity contribution < 1.29 is 27.8 Å². The monoisotopic (exact) mass is 434 g/mol. The first-order chi connectivity index (χ1) is 12.4. The maximum absolute atomic E-state index is 13.6. The molecule has 0 aliphatic heterocycles. The Morgan fingerprint density at radius 1 is 0.885 bits per heavy atom. The Morgan fingerprint density at radius 2 is 1.35 bits per heavy atom. The highest BCUT2D eigenvalue weighted by Crippen LogP contribution is 2.20. The second-order valence-corrected chi connectivity index (χ2v) is 6.85. The molecule has 0 saturated carbocycles. The molecular weight excluding hydrogens is 410 g/mol. The quantitative estimate of drug-likeness (QED) is 0.324. The average Bonchev–Trinajstić information content (AvgIpc) is 2.56. The van der Waals surface area contributed by atoms with E-state index in [4.69, 9.17) is 9.47 Å². The van der Waals surface area contributed by atoms with Gasteiger partial charge in [0.05, 0.1) is 12.2 Å². The summed E-state index contributed by atoms with van der Waals surface area (Å²) in [6.45, 7) is 1.79. The second-order valence-electron chi connectivity index (χ2n) is 5.94. The van der Waals surface area contributed by atoms with E-state index < -0.39 is 24.2 Å². The summed E-state index contributed by atoms with van der Waals surface area (Å²) >= 11 is 2.99. The van der Waals surface area contributed by atoms with Gasteiger partial charge in [0.15, 0.2) is 0 Å². The van der Waals surface area contributed by atoms with Crippen molar-refractivity contribution >= 4 is 27.9 Å². The molecule has 0 spiro atoms. The molecule has 0 bridgehead atoms. The van der Waals surface area contributed by atoms with Crippen LogP contribution < -0.4 is 0 Å². The molecule has 0 N–H and O–H groups in total. The van der Waals surface area contributed by atoms with Crippen LogP contribution in [0.1, 0.15) is 63.9 Å². The maximum Gasteiger partial charge on any atom is 0.306 e. The van der Waals surface area contributed by atoms with Crippen LogP contribution in [0.2, 0.25) is 0 Å². The zero-order valence-electron chi connectivity index (χ0n) is 15.0. The average molecular weight is 435 g/mol. The molecule has 0 fully saturated rings. The number of carbonyl (C=O) groups excluding carboxylic acids is 2. The van der Waals surface area contributed by atoms with Crippen LogP contribution in [0.5, 0.6) is 0 Å². The zero-order chi connectivity index (χ0) is 19.4. The van der Waals surface area contributed by atoms with E-state index in [-0.39, 0.29) is 18.0 Å². The van der Waals surface area contributed by atoms with Crippen LogP contribution in [0.3, 0.4) is 0 Å². The lowest BCUT2D eigenvalue weighted by molar-refractivity contribution is -0.145. The molecule has 26 heavy (non-hydrogen) atoms. The van der Waals surface area contributed by atoms with Crippen molar-refractivity contribution in [3.8, 4) is 0 Å². The van der Waals surface area contributed by atoms with Crippen LogP contribution in [-0.2, 0) is 25.7 Å². The third-order valence-electron chi connectivity index (χ3n) is 3.80. The number of hydrogen-bond donors (Lipinski definition) is 0. The Hall–Kier alpha value is -1.50. The minimum atomic E-state index is -0.743. The Balaban J connectivity index is 2.08. The van der Waals surface area contributed by atoms with Gasteiger partial charge in [0.1, 0.15) is 18.2 Å². The molecule has 0 radical (unpaired) electrons. The molecular formula is C19H25BrF2O4. The van der Waals surface area contributed by atoms with Crippen LogP contribution in [0.15, 0.2) is 16.6 Å². The van der Waals surface area contributed by atoms with E-state index in [1.807, 2.05) is 0 Å². The first-order valence-electron chi connectivity index (χ1n) is 8.88. The van der Waals surface area contributed by atoms with E-state index in [0.29, 0.717) is 23.9 Å². The number of esters is 2. The minimum absolute atomic E-state index is 0.158. The number of benzene rings is 1. The van der Waals surface area contributed by atoms with Crippen LogP contribution in [0, 0.1) is 11.6 Å². The van der Waals surface area contributed by atoms with Crippen LogP contribution in [0.4, 0.5) is 8.78 Å². The van der Waals surface area contributed by atoms with Crippen molar-refractivity contribution in [1.29, 1.82) is 0 Å². The highest BCUT2D eigenvalue weighted by molar-refractivity contribution is 9.10. The van der Waals surface area contributed by atoms with Crippen molar-refractivity contribution in [1.82, 2.24) is 0 Å². The predicted molar refractivity (Wildman–Crippen MR) is 97.4 cm³/mol. The summed E-state index contributed by atoms with van der Waals surface area (Å²) in [5, 5.41) is 0. The van der Waals surface area contributed by atoms with Gasteiger partial charge in [-0.3, -0.25) is 9.59 Å². The standard InChI is InChI=1S/C19H25BrF2O4/c1-2-25-18(23)9-7-5-3-4-6-8-10-19(24)26-13-15-16(21)11-14(20)12-17(15)22/h11-12H,2-10,13H2,1H3. The Morgan fingerprint density at radius 3 is 1.85 bits per heavy atom. The number of hydrogen-bond acceptors (Lipinski definition) is 4. The normalized spacial score (nSPS) is 10.6. The summed E-state index contributed by atoms with van der Waals surface area (Å²) in [4.78, 5) is 22.8. The summed E-state index contributed by atoms with van der Waals surface area (Å²) in [6, 6.07) is 2.27. The molecule has 0 amide bonds. The number of carbonyl (C=O) groups is 2. The maximum atomic E-state index is 13.6. The molecule has 1 aromatic carbocycles. The molecule has 0 aliphatic carbocycles. The van der Waals surface area contributed by atoms with Gasteiger partial charge < -0.3 is 9.47 Å². The smallest absolute Gasteiger partial charge is 0.306 e. The Bertz CT molecular complexity index is 570. The lowest BCUT2D eigenvalue weighted by atomic mass is 10.1. The highest BCUT2D eigenvalue weighted by atomic mass is 79.9. The molecule has 146 valence electrons. The van der Waals surface area contributed by atoms with Gasteiger partial charge in [-0.25, -0.2) is 8.78 Å². The molecule has 1 rings (SSSR count). The first kappa shape index (κ1) is 22.5. The number of ether oxygens (including phenoxy) is 2. The number of rotatable bonds is 12. The van der Waals surface area contributed by atoms with Gasteiger partial charge in [-0.1, -0.05) is 41.6 Å². The van der Waals surface area contributed by atoms with Crippen molar-refractivity contribution in [3.05, 3.63) is 33.8 Å². The second kappa shape index (κ2) is 12.8. The van der Waals surface area contributed by atoms with E-state index in [1.54, 1.807) is 6.92 Å². The Kier molecular flexibility index (Phi) is 11.1. The molecule has 0 saturated heterocycles. The van der Waals surface area contributed by atoms with E-state index >= 15 is 0 Å². The fourth-order valence-electron chi connectivity index (χ4n) is 2.41. The minimum Gasteiger partial charge on any atom is -0.466 e. The molecule has 0 aliphatic rings.